The lowest BCUT2D eigenvalue weighted by molar-refractivity contribution is -0.163. The molecule has 0 bridgehead atoms. The molecule has 0 saturated carbocycles. The summed E-state index contributed by atoms with van der Waals surface area (Å²) in [5, 5.41) is 24.8. The lowest BCUT2D eigenvalue weighted by Crippen LogP contribution is -2.66. The number of halogens is 6. The molecule has 1 saturated heterocycles. The molecule has 14 nitrogen and oxygen atoms in total. The number of nitrogens with one attached hydrogen (secondary N) is 5. The van der Waals surface area contributed by atoms with Crippen molar-refractivity contribution in [2.24, 2.45) is 0 Å². The standard InChI is InChI=1S/C41H38Cl6N6O8S2/c42-40(43,44)22-60-36(57)30(51-38(62)48-26-7-3-1-4-8-26)19-20-59-29-17-13-24(14-18-29)32(52-39(63)49-27-9-5-2-6-10-27)34(55)50-31-21-53(35(31)56)33(25-11-15-28(54)16-12-25)37(58)61-23-41(45,46)47/h1-18,30-33,54H,19-23H2,(H,50,55)(H2,48,51,62)(H2,49,52,63). The van der Waals surface area contributed by atoms with Gasteiger partial charge in [0.15, 0.2) is 16.3 Å². The number of thiocarbonyl (C=S) groups is 2. The van der Waals surface area contributed by atoms with E-state index >= 15 is 0 Å². The van der Waals surface area contributed by atoms with Crippen LogP contribution in [-0.2, 0) is 28.7 Å². The van der Waals surface area contributed by atoms with Crippen molar-refractivity contribution in [2.45, 2.75) is 38.2 Å². The number of phenols is 1. The van der Waals surface area contributed by atoms with Gasteiger partial charge in [-0.1, -0.05) is 130 Å². The smallest absolute Gasteiger partial charge is 0.333 e. The number of amides is 2. The molecule has 1 heterocycles. The highest BCUT2D eigenvalue weighted by Gasteiger charge is 2.46. The van der Waals surface area contributed by atoms with Crippen molar-refractivity contribution in [3.05, 3.63) is 120 Å². The first-order chi connectivity index (χ1) is 29.8. The lowest BCUT2D eigenvalue weighted by atomic mass is 9.97. The van der Waals surface area contributed by atoms with Crippen LogP contribution in [0.25, 0.3) is 0 Å². The molecule has 6 N–H and O–H groups in total. The van der Waals surface area contributed by atoms with Gasteiger partial charge in [-0.25, -0.2) is 9.59 Å². The molecule has 4 aromatic carbocycles. The molecule has 4 aromatic rings. The second kappa shape index (κ2) is 22.9. The Morgan fingerprint density at radius 2 is 1.22 bits per heavy atom. The van der Waals surface area contributed by atoms with Crippen LogP contribution in [0.1, 0.15) is 29.6 Å². The predicted molar refractivity (Wildman–Crippen MR) is 252 cm³/mol. The van der Waals surface area contributed by atoms with Crippen LogP contribution in [0.2, 0.25) is 0 Å². The van der Waals surface area contributed by atoms with Gasteiger partial charge in [0.25, 0.3) is 0 Å². The van der Waals surface area contributed by atoms with Crippen LogP contribution in [0.4, 0.5) is 11.4 Å². The third-order valence-corrected chi connectivity index (χ3v) is 9.95. The summed E-state index contributed by atoms with van der Waals surface area (Å²) in [4.78, 5) is 55.1. The quantitative estimate of drug-likeness (QED) is 0.0266. The van der Waals surface area contributed by atoms with E-state index in [1.54, 1.807) is 60.7 Å². The second-order valence-corrected chi connectivity index (χ2v) is 19.5. The number of alkyl halides is 6. The van der Waals surface area contributed by atoms with Crippen molar-refractivity contribution in [3.8, 4) is 11.5 Å². The Morgan fingerprint density at radius 3 is 1.75 bits per heavy atom. The predicted octanol–water partition coefficient (Wildman–Crippen LogP) is 7.44. The molecule has 0 spiro atoms. The Morgan fingerprint density at radius 1 is 0.714 bits per heavy atom. The number of esters is 2. The summed E-state index contributed by atoms with van der Waals surface area (Å²) in [5.74, 6) is -2.53. The first kappa shape index (κ1) is 49.5. The van der Waals surface area contributed by atoms with Crippen LogP contribution in [0.5, 0.6) is 11.5 Å². The van der Waals surface area contributed by atoms with Gasteiger partial charge in [0.1, 0.15) is 42.8 Å². The molecule has 0 aliphatic carbocycles. The van der Waals surface area contributed by atoms with Crippen molar-refractivity contribution < 1.29 is 38.5 Å². The fourth-order valence-corrected chi connectivity index (χ4v) is 6.72. The fourth-order valence-electron chi connectivity index (χ4n) is 5.90. The number of likely N-dealkylation sites (tertiary alicyclic amines) is 1. The summed E-state index contributed by atoms with van der Waals surface area (Å²) in [5.41, 5.74) is 2.10. The highest BCUT2D eigenvalue weighted by Crippen LogP contribution is 2.32. The van der Waals surface area contributed by atoms with E-state index in [4.69, 9.17) is 108 Å². The summed E-state index contributed by atoms with van der Waals surface area (Å²) in [6.07, 6.45) is 0.0771. The maximum absolute atomic E-state index is 14.0. The van der Waals surface area contributed by atoms with Crippen LogP contribution < -0.4 is 31.3 Å². The van der Waals surface area contributed by atoms with E-state index in [2.05, 4.69) is 26.6 Å². The molecule has 63 heavy (non-hydrogen) atoms. The maximum atomic E-state index is 14.0. The monoisotopic (exact) mass is 1020 g/mol. The van der Waals surface area contributed by atoms with Crippen LogP contribution in [0, 0.1) is 0 Å². The van der Waals surface area contributed by atoms with Gasteiger partial charge in [-0.2, -0.15) is 0 Å². The molecule has 1 aliphatic rings. The Labute approximate surface area is 403 Å². The number of rotatable bonds is 17. The minimum Gasteiger partial charge on any atom is -0.508 e. The number of hydrogen-bond acceptors (Lipinski definition) is 10. The van der Waals surface area contributed by atoms with E-state index in [-0.39, 0.29) is 35.5 Å². The zero-order chi connectivity index (χ0) is 45.7. The van der Waals surface area contributed by atoms with Crippen molar-refractivity contribution in [1.29, 1.82) is 0 Å². The summed E-state index contributed by atoms with van der Waals surface area (Å²) in [6.45, 7) is -1.17. The maximum Gasteiger partial charge on any atom is 0.333 e. The van der Waals surface area contributed by atoms with E-state index in [0.717, 1.165) is 0 Å². The number of benzene rings is 4. The zero-order valence-electron chi connectivity index (χ0n) is 32.6. The van der Waals surface area contributed by atoms with Crippen LogP contribution in [0.3, 0.4) is 0 Å². The molecule has 0 radical (unpaired) electrons. The zero-order valence-corrected chi connectivity index (χ0v) is 38.7. The Bertz CT molecular complexity index is 2220. The summed E-state index contributed by atoms with van der Waals surface area (Å²) in [6, 6.07) is 25.7. The number of hydrogen-bond donors (Lipinski definition) is 6. The molecule has 4 unspecified atom stereocenters. The van der Waals surface area contributed by atoms with Gasteiger partial charge in [0.05, 0.1) is 13.2 Å². The summed E-state index contributed by atoms with van der Waals surface area (Å²) < 4.78 is 12.6. The van der Waals surface area contributed by atoms with Gasteiger partial charge >= 0.3 is 11.9 Å². The molecule has 5 rings (SSSR count). The highest BCUT2D eigenvalue weighted by atomic mass is 35.6. The van der Waals surface area contributed by atoms with Crippen molar-refractivity contribution in [3.63, 3.8) is 0 Å². The molecule has 2 amide bonds. The number of aromatic hydroxyl groups is 1. The van der Waals surface area contributed by atoms with Crippen molar-refractivity contribution in [1.82, 2.24) is 20.9 Å². The van der Waals surface area contributed by atoms with Crippen molar-refractivity contribution in [2.75, 3.05) is 37.0 Å². The SMILES string of the molecule is O=C(OCC(Cl)(Cl)Cl)C(CCOc1ccc(C(NC(=S)Nc2ccccc2)C(=O)NC2CN(C(C(=O)OCC(Cl)(Cl)Cl)c3ccc(O)cc3)C2=O)cc1)NC(=S)Nc1ccccc1. The van der Waals surface area contributed by atoms with E-state index in [1.165, 1.54) is 29.2 Å². The van der Waals surface area contributed by atoms with Crippen LogP contribution in [0.15, 0.2) is 109 Å². The molecular formula is C41H38Cl6N6O8S2. The van der Waals surface area contributed by atoms with Gasteiger partial charge in [-0.05, 0) is 84.1 Å². The molecule has 0 aromatic heterocycles. The Balaban J connectivity index is 1.27. The average molecular weight is 1020 g/mol. The first-order valence-electron chi connectivity index (χ1n) is 18.7. The fraction of sp³-hybridized carbons (Fsp3) is 0.268. The number of β-lactam (4-membered cyclic amide) rings is 1. The van der Waals surface area contributed by atoms with E-state index < -0.39 is 68.7 Å². The van der Waals surface area contributed by atoms with E-state index in [0.29, 0.717) is 28.3 Å². The molecule has 22 heteroatoms. The molecule has 4 atom stereocenters. The third-order valence-electron chi connectivity index (χ3n) is 8.86. The number of phenolic OH excluding ortho intramolecular Hbond substituents is 1. The Kier molecular flexibility index (Phi) is 18.0. The molecule has 1 aliphatic heterocycles. The van der Waals surface area contributed by atoms with E-state index in [1.807, 2.05) is 24.3 Å². The minimum atomic E-state index is -1.91. The Hall–Kier alpha value is -4.52. The number of ether oxygens (including phenoxy) is 3. The van der Waals surface area contributed by atoms with Crippen LogP contribution >= 0.6 is 94.0 Å². The normalized spacial score (nSPS) is 15.0. The van der Waals surface area contributed by atoms with Gasteiger partial charge in [0.2, 0.25) is 19.4 Å². The summed E-state index contributed by atoms with van der Waals surface area (Å²) >= 11 is 45.7. The molecular weight excluding hydrogens is 981 g/mol. The molecule has 1 fully saturated rings. The largest absolute Gasteiger partial charge is 0.508 e. The van der Waals surface area contributed by atoms with Gasteiger partial charge < -0.3 is 50.8 Å². The lowest BCUT2D eigenvalue weighted by Gasteiger charge is -2.43. The summed E-state index contributed by atoms with van der Waals surface area (Å²) in [7, 11) is 0. The van der Waals surface area contributed by atoms with Crippen molar-refractivity contribution >= 4 is 139 Å². The highest BCUT2D eigenvalue weighted by molar-refractivity contribution is 7.80. The van der Waals surface area contributed by atoms with Gasteiger partial charge in [-0.15, -0.1) is 0 Å². The first-order valence-corrected chi connectivity index (χ1v) is 21.8. The number of nitrogens with zero attached hydrogens (tertiary/aromatic N) is 1. The number of anilines is 2. The third kappa shape index (κ3) is 15.9. The molecule has 334 valence electrons. The van der Waals surface area contributed by atoms with Crippen LogP contribution in [-0.4, -0.2) is 90.0 Å². The minimum absolute atomic E-state index is 0.00452. The van der Waals surface area contributed by atoms with Gasteiger partial charge in [0, 0.05) is 17.8 Å². The number of para-hydroxylation sites is 2. The van der Waals surface area contributed by atoms with E-state index in [9.17, 15) is 24.3 Å². The topological polar surface area (TPSA) is 180 Å². The number of carbonyl (C=O) groups excluding carboxylic acids is 4. The average Bonchev–Trinajstić information content (AvgIpc) is 3.24. The van der Waals surface area contributed by atoms with Gasteiger partial charge in [-0.3, -0.25) is 9.59 Å². The number of carbonyl (C=O) groups is 4. The second-order valence-electron chi connectivity index (χ2n) is 13.6.